The van der Waals surface area contributed by atoms with Crippen molar-refractivity contribution in [2.45, 2.75) is 5.41 Å². The molecule has 2 aliphatic rings. The van der Waals surface area contributed by atoms with Crippen molar-refractivity contribution in [3.05, 3.63) is 180 Å². The fourth-order valence-electron chi connectivity index (χ4n) is 8.35. The molecule has 2 aliphatic carbocycles. The zero-order valence-corrected chi connectivity index (χ0v) is 23.5. The average Bonchev–Trinajstić information content (AvgIpc) is 3.56. The van der Waals surface area contributed by atoms with E-state index >= 15 is 0 Å². The molecule has 0 amide bonds. The first kappa shape index (κ1) is 23.1. The summed E-state index contributed by atoms with van der Waals surface area (Å²) >= 11 is 0. The summed E-state index contributed by atoms with van der Waals surface area (Å²) in [5, 5.41) is 8.11. The lowest BCUT2D eigenvalue weighted by Gasteiger charge is -2.31. The second-order valence-corrected chi connectivity index (χ2v) is 12.0. The molecule has 0 unspecified atom stereocenters. The molecule has 10 rings (SSSR count). The van der Waals surface area contributed by atoms with Crippen molar-refractivity contribution in [3.8, 4) is 33.4 Å². The second-order valence-electron chi connectivity index (χ2n) is 12.0. The van der Waals surface area contributed by atoms with Gasteiger partial charge in [-0.15, -0.1) is 0 Å². The van der Waals surface area contributed by atoms with E-state index in [1.165, 1.54) is 88.0 Å². The minimum absolute atomic E-state index is 0.363. The molecule has 0 nitrogen and oxygen atoms in total. The normalized spacial score (nSPS) is 13.8. The third kappa shape index (κ3) is 2.86. The molecule has 0 heterocycles. The highest BCUT2D eigenvalue weighted by molar-refractivity contribution is 6.30. The maximum atomic E-state index is 2.50. The summed E-state index contributed by atoms with van der Waals surface area (Å²) in [7, 11) is 0. The Bertz CT molecular complexity index is 2380. The van der Waals surface area contributed by atoms with Crippen molar-refractivity contribution < 1.29 is 0 Å². The molecule has 8 aromatic carbocycles. The fraction of sp³-hybridized carbons (Fsp3) is 0.0233. The van der Waals surface area contributed by atoms with E-state index in [4.69, 9.17) is 0 Å². The average molecular weight is 543 g/mol. The minimum Gasteiger partial charge on any atom is -0.0622 e. The summed E-state index contributed by atoms with van der Waals surface area (Å²) in [6, 6.07) is 58.9. The van der Waals surface area contributed by atoms with Gasteiger partial charge >= 0.3 is 0 Å². The molecule has 0 atom stereocenters. The number of fused-ring (bicyclic) bond motifs is 10. The van der Waals surface area contributed by atoms with Gasteiger partial charge in [0.2, 0.25) is 0 Å². The van der Waals surface area contributed by atoms with Crippen LogP contribution in [0.3, 0.4) is 0 Å². The Morgan fingerprint density at radius 3 is 1.53 bits per heavy atom. The van der Waals surface area contributed by atoms with Gasteiger partial charge in [0.25, 0.3) is 0 Å². The zero-order chi connectivity index (χ0) is 28.1. The van der Waals surface area contributed by atoms with Crippen molar-refractivity contribution in [2.24, 2.45) is 0 Å². The summed E-state index contributed by atoms with van der Waals surface area (Å²) in [6.45, 7) is 0. The van der Waals surface area contributed by atoms with Crippen molar-refractivity contribution in [1.82, 2.24) is 0 Å². The van der Waals surface area contributed by atoms with Crippen molar-refractivity contribution in [1.29, 1.82) is 0 Å². The van der Waals surface area contributed by atoms with E-state index in [0.29, 0.717) is 0 Å². The van der Waals surface area contributed by atoms with Crippen LogP contribution >= 0.6 is 0 Å². The molecule has 0 bridgehead atoms. The van der Waals surface area contributed by atoms with Crippen LogP contribution in [-0.4, -0.2) is 0 Å². The summed E-state index contributed by atoms with van der Waals surface area (Å²) in [6.07, 6.45) is 0. The number of rotatable bonds is 2. The summed E-state index contributed by atoms with van der Waals surface area (Å²) in [5.74, 6) is 0. The zero-order valence-electron chi connectivity index (χ0n) is 23.5. The smallest absolute Gasteiger partial charge is 0.0622 e. The van der Waals surface area contributed by atoms with E-state index < -0.39 is 0 Å². The van der Waals surface area contributed by atoms with E-state index in [0.717, 1.165) is 0 Å². The third-order valence-corrected chi connectivity index (χ3v) is 10.0. The number of benzene rings is 8. The Balaban J connectivity index is 1.44. The Labute approximate surface area is 250 Å². The summed E-state index contributed by atoms with van der Waals surface area (Å²) in [5.41, 5.74) is 12.9. The molecule has 0 heteroatoms. The van der Waals surface area contributed by atoms with Crippen LogP contribution < -0.4 is 0 Å². The van der Waals surface area contributed by atoms with Crippen LogP contribution in [0, 0.1) is 0 Å². The summed E-state index contributed by atoms with van der Waals surface area (Å²) in [4.78, 5) is 0. The van der Waals surface area contributed by atoms with Gasteiger partial charge in [-0.3, -0.25) is 0 Å². The Kier molecular flexibility index (Phi) is 4.47. The molecule has 0 saturated carbocycles. The quantitative estimate of drug-likeness (QED) is 0.191. The summed E-state index contributed by atoms with van der Waals surface area (Å²) < 4.78 is 0. The van der Waals surface area contributed by atoms with Crippen molar-refractivity contribution >= 4 is 32.3 Å². The first-order valence-electron chi connectivity index (χ1n) is 15.1. The lowest BCUT2D eigenvalue weighted by Crippen LogP contribution is -2.26. The highest BCUT2D eigenvalue weighted by atomic mass is 14.5. The van der Waals surface area contributed by atoms with Crippen molar-refractivity contribution in [3.63, 3.8) is 0 Å². The molecule has 0 saturated heterocycles. The minimum atomic E-state index is -0.363. The van der Waals surface area contributed by atoms with Gasteiger partial charge in [0.1, 0.15) is 0 Å². The molecule has 43 heavy (non-hydrogen) atoms. The SMILES string of the molecule is c1ccc(-c2ccc3c(c2)c2cccc4c2c2c(cc(-c5ccccc5)cc32)C42c3ccccc3-c3ccccc32)cc1. The highest BCUT2D eigenvalue weighted by Crippen LogP contribution is 2.63. The lowest BCUT2D eigenvalue weighted by atomic mass is 9.70. The van der Waals surface area contributed by atoms with Gasteiger partial charge in [-0.25, -0.2) is 0 Å². The molecule has 0 fully saturated rings. The van der Waals surface area contributed by atoms with Crippen molar-refractivity contribution in [2.75, 3.05) is 0 Å². The Morgan fingerprint density at radius 1 is 0.279 bits per heavy atom. The third-order valence-electron chi connectivity index (χ3n) is 10.0. The van der Waals surface area contributed by atoms with Crippen LogP contribution in [0.15, 0.2) is 158 Å². The highest BCUT2D eigenvalue weighted by Gasteiger charge is 2.51. The van der Waals surface area contributed by atoms with E-state index in [2.05, 4.69) is 158 Å². The van der Waals surface area contributed by atoms with E-state index in [1.54, 1.807) is 0 Å². The van der Waals surface area contributed by atoms with Crippen LogP contribution in [0.1, 0.15) is 22.3 Å². The first-order valence-corrected chi connectivity index (χ1v) is 15.1. The standard InChI is InChI=1S/C43H26/c1-3-12-27(13-4-1)29-22-23-31-35(24-29)34-18-11-21-39-41(34)42-36(31)25-30(28-14-5-2-6-15-28)26-40(42)43(39)37-19-9-7-16-32(37)33-17-8-10-20-38(33)43/h1-26H. The molecule has 0 aromatic heterocycles. The predicted octanol–water partition coefficient (Wildman–Crippen LogP) is 11.2. The van der Waals surface area contributed by atoms with Gasteiger partial charge in [0.05, 0.1) is 5.41 Å². The molecular formula is C43H26. The monoisotopic (exact) mass is 542 g/mol. The van der Waals surface area contributed by atoms with Crippen LogP contribution in [0.2, 0.25) is 0 Å². The van der Waals surface area contributed by atoms with Gasteiger partial charge < -0.3 is 0 Å². The van der Waals surface area contributed by atoms with E-state index in [1.807, 2.05) is 0 Å². The Morgan fingerprint density at radius 2 is 0.837 bits per heavy atom. The Hall–Kier alpha value is -5.46. The molecule has 0 radical (unpaired) electrons. The van der Waals surface area contributed by atoms with Crippen LogP contribution in [-0.2, 0) is 5.41 Å². The van der Waals surface area contributed by atoms with E-state index in [9.17, 15) is 0 Å². The molecule has 0 N–H and O–H groups in total. The topological polar surface area (TPSA) is 0 Å². The number of hydrogen-bond donors (Lipinski definition) is 0. The molecule has 8 aromatic rings. The first-order chi connectivity index (χ1) is 21.3. The maximum Gasteiger partial charge on any atom is 0.0726 e. The van der Waals surface area contributed by atoms with Gasteiger partial charge in [0, 0.05) is 0 Å². The predicted molar refractivity (Wildman–Crippen MR) is 181 cm³/mol. The second kappa shape index (κ2) is 8.31. The molecule has 0 aliphatic heterocycles. The van der Waals surface area contributed by atoms with Gasteiger partial charge in [-0.1, -0.05) is 140 Å². The number of hydrogen-bond acceptors (Lipinski definition) is 0. The molecule has 198 valence electrons. The van der Waals surface area contributed by atoms with Crippen LogP contribution in [0.5, 0.6) is 0 Å². The van der Waals surface area contributed by atoms with Gasteiger partial charge in [-0.05, 0) is 106 Å². The van der Waals surface area contributed by atoms with Crippen LogP contribution in [0.25, 0.3) is 65.7 Å². The maximum absolute atomic E-state index is 2.50. The molecule has 1 spiro atoms. The fourth-order valence-corrected chi connectivity index (χ4v) is 8.35. The molecular weight excluding hydrogens is 516 g/mol. The van der Waals surface area contributed by atoms with Crippen LogP contribution in [0.4, 0.5) is 0 Å². The van der Waals surface area contributed by atoms with Gasteiger partial charge in [0.15, 0.2) is 0 Å². The van der Waals surface area contributed by atoms with Gasteiger partial charge in [-0.2, -0.15) is 0 Å². The lowest BCUT2D eigenvalue weighted by molar-refractivity contribution is 0.797. The largest absolute Gasteiger partial charge is 0.0726 e. The van der Waals surface area contributed by atoms with E-state index in [-0.39, 0.29) is 5.41 Å².